The minimum absolute atomic E-state index is 0.0240. The molecule has 2 aliphatic rings. The number of hydrogen-bond acceptors (Lipinski definition) is 2. The first-order valence-electron chi connectivity index (χ1n) is 40.3. The van der Waals surface area contributed by atoms with Crippen molar-refractivity contribution < 1.29 is 63.1 Å². The highest BCUT2D eigenvalue weighted by Gasteiger charge is 2.39. The van der Waals surface area contributed by atoms with Gasteiger partial charge in [-0.3, -0.25) is 0 Å². The van der Waals surface area contributed by atoms with Crippen molar-refractivity contribution in [1.29, 1.82) is 0 Å². The molecule has 1 heterocycles. The van der Waals surface area contributed by atoms with Crippen LogP contribution in [-0.4, -0.2) is 0 Å². The quantitative estimate of drug-likeness (QED) is 0.165. The first-order chi connectivity index (χ1) is 48.5. The highest BCUT2D eigenvalue weighted by molar-refractivity contribution is 6.07. The Morgan fingerprint density at radius 1 is 0.400 bits per heavy atom. The van der Waals surface area contributed by atoms with Crippen LogP contribution >= 0.6 is 0 Å². The molecule has 0 saturated heterocycles. The summed E-state index contributed by atoms with van der Waals surface area (Å²) in [5.41, 5.74) is -30.6. The van der Waals surface area contributed by atoms with E-state index in [1.54, 1.807) is 0 Å². The van der Waals surface area contributed by atoms with Crippen LogP contribution in [-0.2, 0) is 10.8 Å². The average Bonchev–Trinajstić information content (AvgIpc) is 0.979. The summed E-state index contributed by atoms with van der Waals surface area (Å²) in [6, 6.07) is -48.0. The number of benzene rings is 9. The third-order valence-corrected chi connectivity index (χ3v) is 9.61. The Bertz CT molecular complexity index is 5430. The van der Waals surface area contributed by atoms with Crippen LogP contribution in [0.1, 0.15) is 113 Å². The summed E-state index contributed by atoms with van der Waals surface area (Å²) in [4.78, 5) is 0.219. The Hall–Kier alpha value is -7.16. The van der Waals surface area contributed by atoms with Crippen LogP contribution in [0.3, 0.4) is 0 Å². The third kappa shape index (κ3) is 5.55. The zero-order valence-electron chi connectivity index (χ0n) is 75.9. The lowest BCUT2D eigenvalue weighted by atomic mass is 9.73. The van der Waals surface area contributed by atoms with Gasteiger partial charge in [0, 0.05) is 55.3 Å². The number of anilines is 6. The third-order valence-electron chi connectivity index (χ3n) is 9.61. The maximum absolute atomic E-state index is 10.5. The largest absolute Gasteiger partial charge is 0.310 e. The predicted molar refractivity (Wildman–Crippen MR) is 254 cm³/mol. The highest BCUT2D eigenvalue weighted by atomic mass is 15.2. The molecule has 9 aromatic rings. The maximum atomic E-state index is 10.5. The summed E-state index contributed by atoms with van der Waals surface area (Å²) in [6.45, 7) is -17.0. The Morgan fingerprint density at radius 2 is 0.983 bits per heavy atom. The van der Waals surface area contributed by atoms with Gasteiger partial charge in [-0.05, 0) is 104 Å². The van der Waals surface area contributed by atoms with Crippen LogP contribution in [0.4, 0.5) is 34.1 Å². The molecule has 0 N–H and O–H groups in total. The fraction of sp³-hybridized carbons (Fsp3) is 0.103. The minimum Gasteiger partial charge on any atom is -0.310 e. The second kappa shape index (κ2) is 13.7. The molecule has 0 spiro atoms. The summed E-state index contributed by atoms with van der Waals surface area (Å²) in [6.07, 6.45) is 0. The van der Waals surface area contributed by atoms with E-state index in [9.17, 15) is 34.3 Å². The van der Waals surface area contributed by atoms with E-state index >= 15 is 0 Å². The van der Waals surface area contributed by atoms with Gasteiger partial charge in [-0.15, -0.1) is 0 Å². The van der Waals surface area contributed by atoms with Gasteiger partial charge in [0.1, 0.15) is 0 Å². The highest BCUT2D eigenvalue weighted by Crippen LogP contribution is 2.56. The van der Waals surface area contributed by atoms with Gasteiger partial charge in [-0.25, -0.2) is 0 Å². The molecule has 0 aromatic heterocycles. The second-order valence-corrected chi connectivity index (χ2v) is 13.0. The second-order valence-electron chi connectivity index (χ2n) is 13.0. The van der Waals surface area contributed by atoms with E-state index in [0.717, 1.165) is 0 Å². The number of para-hydroxylation sites is 2. The average molecular weight is 817 g/mol. The van der Waals surface area contributed by atoms with E-state index in [4.69, 9.17) is 28.8 Å². The Balaban J connectivity index is 1.40. The molecule has 60 heavy (non-hydrogen) atoms. The summed E-state index contributed by atoms with van der Waals surface area (Å²) in [5, 5.41) is -2.22. The van der Waals surface area contributed by atoms with Crippen LogP contribution in [0.5, 0.6) is 0 Å². The monoisotopic (exact) mass is 817 g/mol. The summed E-state index contributed by atoms with van der Waals surface area (Å²) >= 11 is 0. The molecule has 0 atom stereocenters. The van der Waals surface area contributed by atoms with Gasteiger partial charge in [0.15, 0.2) is 0 Å². The molecule has 0 saturated carbocycles. The van der Waals surface area contributed by atoms with Gasteiger partial charge in [-0.1, -0.05) is 185 Å². The van der Waals surface area contributed by atoms with E-state index in [0.29, 0.717) is 0 Å². The van der Waals surface area contributed by atoms with Crippen LogP contribution in [0, 0.1) is 0 Å². The summed E-state index contributed by atoms with van der Waals surface area (Å²) in [7, 11) is 0. The van der Waals surface area contributed by atoms with Gasteiger partial charge in [-0.2, -0.15) is 0 Å². The van der Waals surface area contributed by atoms with Gasteiger partial charge in [0.2, 0.25) is 0 Å². The van der Waals surface area contributed by atoms with Crippen LogP contribution in [0.25, 0.3) is 44.2 Å². The van der Waals surface area contributed by atoms with Crippen molar-refractivity contribution in [3.63, 3.8) is 0 Å². The molecule has 0 radical (unpaired) electrons. The topological polar surface area (TPSA) is 6.48 Å². The molecular weight excluding hydrogens is 725 g/mol. The zero-order valence-corrected chi connectivity index (χ0v) is 29.9. The van der Waals surface area contributed by atoms with Crippen molar-refractivity contribution in [2.24, 2.45) is 0 Å². The lowest BCUT2D eigenvalue weighted by Gasteiger charge is -2.43. The Kier molecular flexibility index (Phi) is 2.74. The van der Waals surface area contributed by atoms with Crippen molar-refractivity contribution in [2.45, 2.75) is 38.2 Å². The van der Waals surface area contributed by atoms with E-state index in [2.05, 4.69) is 0 Å². The molecule has 0 bridgehead atoms. The van der Waals surface area contributed by atoms with Crippen LogP contribution in [0.15, 0.2) is 205 Å². The van der Waals surface area contributed by atoms with E-state index < -0.39 is 344 Å². The zero-order chi connectivity index (χ0) is 80.2. The molecule has 0 unspecified atom stereocenters. The van der Waals surface area contributed by atoms with Gasteiger partial charge in [0.05, 0.1) is 63.7 Å². The number of hydrogen-bond donors (Lipinski definition) is 0. The van der Waals surface area contributed by atoms with Crippen molar-refractivity contribution in [3.8, 4) is 33.4 Å². The van der Waals surface area contributed by atoms with Gasteiger partial charge >= 0.3 is 0 Å². The molecule has 2 heteroatoms. The van der Waals surface area contributed by atoms with Crippen LogP contribution < -0.4 is 9.80 Å². The fourth-order valence-electron chi connectivity index (χ4n) is 6.95. The normalized spacial score (nSPS) is 26.0. The number of rotatable bonds is 6. The fourth-order valence-corrected chi connectivity index (χ4v) is 6.95. The van der Waals surface area contributed by atoms with Crippen molar-refractivity contribution >= 4 is 44.9 Å². The Morgan fingerprint density at radius 3 is 1.78 bits per heavy atom. The van der Waals surface area contributed by atoms with Crippen LogP contribution in [0.2, 0.25) is 0 Å². The van der Waals surface area contributed by atoms with Gasteiger partial charge in [0.25, 0.3) is 0 Å². The van der Waals surface area contributed by atoms with E-state index in [-0.39, 0.29) is 9.80 Å². The molecule has 0 amide bonds. The predicted octanol–water partition coefficient (Wildman–Crippen LogP) is 16.1. The summed E-state index contributed by atoms with van der Waals surface area (Å²) in [5.74, 6) is 0. The molecule has 1 aliphatic heterocycles. The molecule has 11 rings (SSSR count). The molecule has 0 fully saturated rings. The van der Waals surface area contributed by atoms with Crippen molar-refractivity contribution in [1.82, 2.24) is 0 Å². The lowest BCUT2D eigenvalue weighted by molar-refractivity contribution is 0.632. The Labute approximate surface area is 418 Å². The van der Waals surface area contributed by atoms with Crippen molar-refractivity contribution in [2.75, 3.05) is 9.80 Å². The smallest absolute Gasteiger partial charge is 0.0652 e. The first-order valence-corrected chi connectivity index (χ1v) is 17.3. The SMILES string of the molecule is [2H]c1c([2H])c([2H])c(-c2c([2H])c([2H])c3c([2H])c([2H])c([2H])c([2H])c3c2N2c3c([2H])c([2H])c([2H])c([2H])c3C(C([2H])([2H])[2H])(C([2H])([2H])[2H])c3c([2H])c([2H])c(-c4c([2H])c([2H])c(N(c5c([2H])c([2H])c([2H])c([2H])c5[2H])c5c([2H])c([2H])c6c(c5[2H])C(C([2H])([2H])[2H])(C([2H])([2H])[2H])c5c([2H])c([2H])c([2H])c([2H])c5-6)c([2H])c4[2H])c([2H])c32)c([2H])c1[2H]. The minimum atomic E-state index is -4.38. The number of fused-ring (bicyclic) bond motifs is 6. The molecule has 1 aliphatic carbocycles. The van der Waals surface area contributed by atoms with Crippen molar-refractivity contribution in [3.05, 3.63) is 228 Å². The van der Waals surface area contributed by atoms with E-state index in [1.807, 2.05) is 0 Å². The van der Waals surface area contributed by atoms with E-state index in [1.165, 1.54) is 0 Å². The standard InChI is InChI=1S/C58H46N2/c1-57(2)50-24-14-13-23-48(50)49-35-33-45(38-53(49)57)59(43-20-9-6-10-21-43)44-31-27-39(28-32-44)42-30-36-52-55(37-42)60(54-26-16-15-25-51(54)58(52,3)4)56-46-22-12-11-19-41(46)29-34-47(56)40-17-7-5-8-18-40/h5-38H,1-4H3/i1D3,2D3,3D3,4D3,5D,6D,7D,8D,9D,10D,11D,12D,13D,14D,15D,16D,17D,18D,19D,20D,21D,22D,23D,24D,25D,26D,27D,28D,29D,30D,31D,32D,33D,34D,35D,36D,37D,38D. The van der Waals surface area contributed by atoms with Gasteiger partial charge < -0.3 is 9.80 Å². The summed E-state index contributed by atoms with van der Waals surface area (Å²) < 4.78 is 426. The molecular formula is C58H46N2. The molecule has 288 valence electrons. The lowest BCUT2D eigenvalue weighted by Crippen LogP contribution is -2.31. The maximum Gasteiger partial charge on any atom is 0.0652 e. The molecule has 9 aromatic carbocycles. The number of nitrogens with zero attached hydrogens (tertiary/aromatic N) is 2. The molecule has 2 nitrogen and oxygen atoms in total. The first kappa shape index (κ1) is 12.0.